The van der Waals surface area contributed by atoms with Crippen LogP contribution in [0.2, 0.25) is 0 Å². The Morgan fingerprint density at radius 1 is 1.07 bits per heavy atom. The summed E-state index contributed by atoms with van der Waals surface area (Å²) in [7, 11) is 0. The van der Waals surface area contributed by atoms with Gasteiger partial charge < -0.3 is 29.9 Å². The molecule has 1 rings (SSSR count). The van der Waals surface area contributed by atoms with Crippen molar-refractivity contribution in [1.82, 2.24) is 0 Å². The molecular weight excluding hydrogens is 348 g/mol. The van der Waals surface area contributed by atoms with Gasteiger partial charge in [0.1, 0.15) is 24.4 Å². The Morgan fingerprint density at radius 3 is 2.30 bits per heavy atom. The van der Waals surface area contributed by atoms with E-state index in [-0.39, 0.29) is 0 Å². The number of aliphatic hydroxyl groups excluding tert-OH is 4. The summed E-state index contributed by atoms with van der Waals surface area (Å²) in [6.07, 6.45) is 3.01. The highest BCUT2D eigenvalue weighted by molar-refractivity contribution is 5.04. The van der Waals surface area contributed by atoms with Crippen LogP contribution in [0.4, 0.5) is 0 Å². The molecule has 0 spiro atoms. The van der Waals surface area contributed by atoms with Crippen molar-refractivity contribution in [2.24, 2.45) is 0 Å². The quantitative estimate of drug-likeness (QED) is 0.431. The fourth-order valence-electron chi connectivity index (χ4n) is 2.93. The minimum absolute atomic E-state index is 0.483. The largest absolute Gasteiger partial charge is 0.394 e. The molecule has 0 aromatic carbocycles. The summed E-state index contributed by atoms with van der Waals surface area (Å²) < 4.78 is 11.3. The van der Waals surface area contributed by atoms with E-state index in [0.29, 0.717) is 6.42 Å². The summed E-state index contributed by atoms with van der Waals surface area (Å²) in [6.45, 7) is 11.4. The fraction of sp³-hybridized carbons (Fsp3) is 0.714. The van der Waals surface area contributed by atoms with Crippen LogP contribution in [0.15, 0.2) is 36.0 Å². The molecule has 0 unspecified atom stereocenters. The van der Waals surface area contributed by atoms with Crippen LogP contribution >= 0.6 is 0 Å². The Morgan fingerprint density at radius 2 is 1.74 bits per heavy atom. The number of hydrogen-bond acceptors (Lipinski definition) is 6. The van der Waals surface area contributed by atoms with Crippen molar-refractivity contribution in [2.45, 2.75) is 89.7 Å². The van der Waals surface area contributed by atoms with Gasteiger partial charge >= 0.3 is 0 Å². The summed E-state index contributed by atoms with van der Waals surface area (Å²) >= 11 is 0. The molecule has 1 aliphatic heterocycles. The van der Waals surface area contributed by atoms with Crippen molar-refractivity contribution < 1.29 is 29.9 Å². The molecule has 4 N–H and O–H groups in total. The van der Waals surface area contributed by atoms with E-state index < -0.39 is 42.9 Å². The maximum atomic E-state index is 10.1. The van der Waals surface area contributed by atoms with Crippen molar-refractivity contribution in [1.29, 1.82) is 0 Å². The average Bonchev–Trinajstić information content (AvgIpc) is 2.62. The lowest BCUT2D eigenvalue weighted by molar-refractivity contribution is -0.319. The molecule has 1 fully saturated rings. The summed E-state index contributed by atoms with van der Waals surface area (Å²) in [6, 6.07) is 0. The molecule has 27 heavy (non-hydrogen) atoms. The average molecular weight is 385 g/mol. The number of allylic oxidation sites excluding steroid dienone is 4. The van der Waals surface area contributed by atoms with Crippen molar-refractivity contribution in [3.8, 4) is 0 Å². The van der Waals surface area contributed by atoms with Gasteiger partial charge in [-0.15, -0.1) is 6.58 Å². The monoisotopic (exact) mass is 384 g/mol. The topological polar surface area (TPSA) is 99.4 Å². The molecule has 0 amide bonds. The smallest absolute Gasteiger partial charge is 0.187 e. The molecule has 0 aromatic heterocycles. The van der Waals surface area contributed by atoms with Crippen molar-refractivity contribution in [3.05, 3.63) is 36.0 Å². The second kappa shape index (κ2) is 11.1. The molecule has 1 aliphatic rings. The lowest BCUT2D eigenvalue weighted by atomic mass is 9.96. The highest BCUT2D eigenvalue weighted by Crippen LogP contribution is 2.29. The van der Waals surface area contributed by atoms with Crippen molar-refractivity contribution in [2.75, 3.05) is 6.61 Å². The Bertz CT molecular complexity index is 523. The minimum Gasteiger partial charge on any atom is -0.394 e. The Hall–Kier alpha value is -1.02. The molecule has 6 heteroatoms. The zero-order chi connectivity index (χ0) is 20.6. The second-order valence-corrected chi connectivity index (χ2v) is 7.74. The molecule has 6 nitrogen and oxygen atoms in total. The first kappa shape index (κ1) is 24.0. The van der Waals surface area contributed by atoms with E-state index >= 15 is 0 Å². The minimum atomic E-state index is -1.45. The van der Waals surface area contributed by atoms with E-state index in [4.69, 9.17) is 9.47 Å². The van der Waals surface area contributed by atoms with E-state index in [1.54, 1.807) is 6.08 Å². The van der Waals surface area contributed by atoms with Gasteiger partial charge in [0.15, 0.2) is 6.29 Å². The van der Waals surface area contributed by atoms with Crippen LogP contribution in [0.1, 0.15) is 53.4 Å². The van der Waals surface area contributed by atoms with E-state index in [1.165, 1.54) is 11.1 Å². The Balaban J connectivity index is 2.64. The molecule has 0 saturated carbocycles. The number of rotatable bonds is 10. The molecule has 0 aliphatic carbocycles. The first-order valence-corrected chi connectivity index (χ1v) is 9.54. The standard InChI is InChI=1S/C21H36O6/c1-6-21(5,12-8-11-15(4)10-7-9-14(2)3)27-20-19(25)18(24)17(23)16(13-22)26-20/h6,9,11,16-20,22-25H,1,7-8,10,12-13H2,2-5H3/t16-,17-,18+,19+,20+,21+/m0/s1. The normalized spacial score (nSPS) is 31.3. The highest BCUT2D eigenvalue weighted by Gasteiger charge is 2.45. The zero-order valence-electron chi connectivity index (χ0n) is 17.0. The van der Waals surface area contributed by atoms with Crippen LogP contribution < -0.4 is 0 Å². The van der Waals surface area contributed by atoms with Crippen LogP contribution in [0, 0.1) is 0 Å². The Kier molecular flexibility index (Phi) is 9.87. The van der Waals surface area contributed by atoms with Gasteiger partial charge in [0.05, 0.1) is 12.2 Å². The predicted octanol–water partition coefficient (Wildman–Crippen LogP) is 2.22. The van der Waals surface area contributed by atoms with Gasteiger partial charge in [-0.3, -0.25) is 0 Å². The number of hydrogen-bond donors (Lipinski definition) is 4. The summed E-state index contributed by atoms with van der Waals surface area (Å²) in [5, 5.41) is 39.2. The second-order valence-electron chi connectivity index (χ2n) is 7.74. The van der Waals surface area contributed by atoms with Crippen LogP contribution in [-0.2, 0) is 9.47 Å². The van der Waals surface area contributed by atoms with E-state index in [0.717, 1.165) is 19.3 Å². The fourth-order valence-corrected chi connectivity index (χ4v) is 2.93. The highest BCUT2D eigenvalue weighted by atomic mass is 16.7. The third-order valence-electron chi connectivity index (χ3n) is 4.89. The summed E-state index contributed by atoms with van der Waals surface area (Å²) in [5.41, 5.74) is 1.83. The van der Waals surface area contributed by atoms with Crippen LogP contribution in [-0.4, -0.2) is 63.3 Å². The summed E-state index contributed by atoms with van der Waals surface area (Å²) in [4.78, 5) is 0. The summed E-state index contributed by atoms with van der Waals surface area (Å²) in [5.74, 6) is 0. The Labute approximate surface area is 162 Å². The lowest BCUT2D eigenvalue weighted by Gasteiger charge is -2.42. The van der Waals surface area contributed by atoms with Crippen molar-refractivity contribution in [3.63, 3.8) is 0 Å². The SMILES string of the molecule is C=C[C@](C)(CCC=C(C)CCC=C(C)C)O[C@H]1O[C@@H](CO)[C@H](O)[C@@H](O)[C@H]1O. The maximum Gasteiger partial charge on any atom is 0.187 e. The number of ether oxygens (including phenoxy) is 2. The van der Waals surface area contributed by atoms with Gasteiger partial charge in [0, 0.05) is 0 Å². The first-order chi connectivity index (χ1) is 12.6. The molecule has 0 radical (unpaired) electrons. The first-order valence-electron chi connectivity index (χ1n) is 9.54. The van der Waals surface area contributed by atoms with Gasteiger partial charge in [0.25, 0.3) is 0 Å². The molecule has 1 saturated heterocycles. The van der Waals surface area contributed by atoms with E-state index in [1.807, 2.05) is 6.92 Å². The van der Waals surface area contributed by atoms with Gasteiger partial charge in [0.2, 0.25) is 0 Å². The van der Waals surface area contributed by atoms with Crippen LogP contribution in [0.3, 0.4) is 0 Å². The molecular formula is C21H36O6. The molecule has 6 atom stereocenters. The molecule has 1 heterocycles. The maximum absolute atomic E-state index is 10.1. The van der Waals surface area contributed by atoms with E-state index in [2.05, 4.69) is 39.5 Å². The number of aliphatic hydroxyl groups is 4. The molecule has 0 aromatic rings. The predicted molar refractivity (Wildman–Crippen MR) is 105 cm³/mol. The molecule has 0 bridgehead atoms. The van der Waals surface area contributed by atoms with Gasteiger partial charge in [-0.2, -0.15) is 0 Å². The van der Waals surface area contributed by atoms with Gasteiger partial charge in [-0.1, -0.05) is 29.4 Å². The third-order valence-corrected chi connectivity index (χ3v) is 4.89. The van der Waals surface area contributed by atoms with Crippen LogP contribution in [0.25, 0.3) is 0 Å². The third kappa shape index (κ3) is 7.49. The van der Waals surface area contributed by atoms with E-state index in [9.17, 15) is 20.4 Å². The van der Waals surface area contributed by atoms with Crippen molar-refractivity contribution >= 4 is 0 Å². The molecule has 156 valence electrons. The van der Waals surface area contributed by atoms with Gasteiger partial charge in [-0.05, 0) is 53.4 Å². The van der Waals surface area contributed by atoms with Crippen LogP contribution in [0.5, 0.6) is 0 Å². The lowest BCUT2D eigenvalue weighted by Crippen LogP contribution is -2.60. The zero-order valence-corrected chi connectivity index (χ0v) is 17.0. The van der Waals surface area contributed by atoms with Gasteiger partial charge in [-0.25, -0.2) is 0 Å².